The molecule has 0 saturated carbocycles. The molecule has 168 valence electrons. The van der Waals surface area contributed by atoms with Crippen LogP contribution >= 0.6 is 0 Å². The quantitative estimate of drug-likeness (QED) is 0.202. The molecule has 0 aliphatic rings. The van der Waals surface area contributed by atoms with Gasteiger partial charge in [-0.05, 0) is 80.8 Å². The van der Waals surface area contributed by atoms with Gasteiger partial charge in [0.15, 0.2) is 0 Å². The highest BCUT2D eigenvalue weighted by atomic mass is 16.5. The minimum atomic E-state index is -0.877. The Morgan fingerprint density at radius 3 is 2.18 bits per heavy atom. The number of carbonyl (C=O) groups excluding carboxylic acids is 3. The van der Waals surface area contributed by atoms with Crippen molar-refractivity contribution in [3.05, 3.63) is 94.5 Å². The summed E-state index contributed by atoms with van der Waals surface area (Å²) in [6.07, 6.45) is 0. The molecule has 0 bridgehead atoms. The van der Waals surface area contributed by atoms with Crippen molar-refractivity contribution in [2.24, 2.45) is 5.10 Å². The number of amides is 2. The van der Waals surface area contributed by atoms with Gasteiger partial charge in [0.25, 0.3) is 0 Å². The molecule has 3 aromatic rings. The monoisotopic (exact) mass is 443 g/mol. The van der Waals surface area contributed by atoms with Gasteiger partial charge >= 0.3 is 17.8 Å². The second-order valence-electron chi connectivity index (χ2n) is 7.64. The molecule has 3 aromatic carbocycles. The maximum atomic E-state index is 12.3. The molecule has 0 radical (unpaired) electrons. The zero-order valence-electron chi connectivity index (χ0n) is 18.9. The van der Waals surface area contributed by atoms with E-state index >= 15 is 0 Å². The first-order valence-corrected chi connectivity index (χ1v) is 10.4. The zero-order chi connectivity index (χ0) is 24.0. The molecule has 3 rings (SSSR count). The SMILES string of the molecule is CC(=NNC(=O)C(=O)Nc1ccc(C)cc1C)c1ccc(OC(=O)c2ccccc2C)cc1. The molecule has 33 heavy (non-hydrogen) atoms. The highest BCUT2D eigenvalue weighted by Crippen LogP contribution is 2.17. The predicted octanol–water partition coefficient (Wildman–Crippen LogP) is 4.31. The fourth-order valence-corrected chi connectivity index (χ4v) is 3.11. The Balaban J connectivity index is 1.59. The molecular weight excluding hydrogens is 418 g/mol. The van der Waals surface area contributed by atoms with Gasteiger partial charge in [0.2, 0.25) is 0 Å². The minimum Gasteiger partial charge on any atom is -0.423 e. The average molecular weight is 444 g/mol. The lowest BCUT2D eigenvalue weighted by atomic mass is 10.1. The number of hydrazone groups is 1. The first kappa shape index (κ1) is 23.4. The van der Waals surface area contributed by atoms with Crippen LogP contribution in [0.2, 0.25) is 0 Å². The fourth-order valence-electron chi connectivity index (χ4n) is 3.11. The third kappa shape index (κ3) is 6.13. The Morgan fingerprint density at radius 1 is 0.818 bits per heavy atom. The van der Waals surface area contributed by atoms with Gasteiger partial charge in [0, 0.05) is 5.69 Å². The molecule has 2 N–H and O–H groups in total. The number of nitrogens with zero attached hydrogens (tertiary/aromatic N) is 1. The summed E-state index contributed by atoms with van der Waals surface area (Å²) in [7, 11) is 0. The topological polar surface area (TPSA) is 96.9 Å². The number of anilines is 1. The van der Waals surface area contributed by atoms with Gasteiger partial charge in [-0.2, -0.15) is 5.10 Å². The summed E-state index contributed by atoms with van der Waals surface area (Å²) in [6.45, 7) is 7.33. The fraction of sp³-hybridized carbons (Fsp3) is 0.154. The normalized spacial score (nSPS) is 11.0. The van der Waals surface area contributed by atoms with Gasteiger partial charge in [-0.3, -0.25) is 9.59 Å². The van der Waals surface area contributed by atoms with Crippen LogP contribution in [0.4, 0.5) is 5.69 Å². The van der Waals surface area contributed by atoms with Gasteiger partial charge < -0.3 is 10.1 Å². The van der Waals surface area contributed by atoms with Crippen molar-refractivity contribution < 1.29 is 19.1 Å². The van der Waals surface area contributed by atoms with Gasteiger partial charge in [-0.25, -0.2) is 10.2 Å². The highest BCUT2D eigenvalue weighted by molar-refractivity contribution is 6.39. The summed E-state index contributed by atoms with van der Waals surface area (Å²) in [5.74, 6) is -1.74. The summed E-state index contributed by atoms with van der Waals surface area (Å²) in [4.78, 5) is 36.6. The van der Waals surface area contributed by atoms with E-state index < -0.39 is 17.8 Å². The summed E-state index contributed by atoms with van der Waals surface area (Å²) >= 11 is 0. The molecule has 0 saturated heterocycles. The second kappa shape index (κ2) is 10.4. The van der Waals surface area contributed by atoms with E-state index in [1.54, 1.807) is 49.4 Å². The Labute approximate surface area is 192 Å². The lowest BCUT2D eigenvalue weighted by molar-refractivity contribution is -0.136. The Morgan fingerprint density at radius 2 is 1.52 bits per heavy atom. The molecule has 0 aliphatic heterocycles. The maximum absolute atomic E-state index is 12.3. The summed E-state index contributed by atoms with van der Waals surface area (Å²) in [5.41, 5.74) is 7.26. The molecular formula is C26H25N3O4. The maximum Gasteiger partial charge on any atom is 0.343 e. The lowest BCUT2D eigenvalue weighted by Gasteiger charge is -2.09. The van der Waals surface area contributed by atoms with Crippen LogP contribution in [0.3, 0.4) is 0 Å². The van der Waals surface area contributed by atoms with Crippen molar-refractivity contribution >= 4 is 29.2 Å². The molecule has 0 unspecified atom stereocenters. The highest BCUT2D eigenvalue weighted by Gasteiger charge is 2.15. The smallest absolute Gasteiger partial charge is 0.343 e. The number of aryl methyl sites for hydroxylation is 3. The molecule has 7 heteroatoms. The van der Waals surface area contributed by atoms with E-state index in [0.717, 1.165) is 16.7 Å². The third-order valence-electron chi connectivity index (χ3n) is 5.01. The van der Waals surface area contributed by atoms with E-state index in [9.17, 15) is 14.4 Å². The second-order valence-corrected chi connectivity index (χ2v) is 7.64. The van der Waals surface area contributed by atoms with Crippen LogP contribution in [0.1, 0.15) is 39.5 Å². The van der Waals surface area contributed by atoms with Crippen LogP contribution in [0.5, 0.6) is 5.75 Å². The first-order chi connectivity index (χ1) is 15.7. The average Bonchev–Trinajstić information content (AvgIpc) is 2.79. The summed E-state index contributed by atoms with van der Waals surface area (Å²) < 4.78 is 5.42. The lowest BCUT2D eigenvalue weighted by Crippen LogP contribution is -2.33. The molecule has 0 fully saturated rings. The van der Waals surface area contributed by atoms with Crippen LogP contribution < -0.4 is 15.5 Å². The van der Waals surface area contributed by atoms with Gasteiger partial charge in [0.1, 0.15) is 5.75 Å². The van der Waals surface area contributed by atoms with E-state index in [-0.39, 0.29) is 0 Å². The van der Waals surface area contributed by atoms with E-state index in [0.29, 0.717) is 28.3 Å². The Hall–Kier alpha value is -4.26. The van der Waals surface area contributed by atoms with Gasteiger partial charge in [0.05, 0.1) is 11.3 Å². The van der Waals surface area contributed by atoms with E-state index in [4.69, 9.17) is 4.74 Å². The van der Waals surface area contributed by atoms with Gasteiger partial charge in [-0.1, -0.05) is 35.9 Å². The van der Waals surface area contributed by atoms with Gasteiger partial charge in [-0.15, -0.1) is 0 Å². The van der Waals surface area contributed by atoms with Crippen molar-refractivity contribution in [1.82, 2.24) is 5.43 Å². The number of ether oxygens (including phenoxy) is 1. The zero-order valence-corrected chi connectivity index (χ0v) is 18.9. The molecule has 0 aliphatic carbocycles. The number of carbonyl (C=O) groups is 3. The third-order valence-corrected chi connectivity index (χ3v) is 5.01. The predicted molar refractivity (Wildman–Crippen MR) is 127 cm³/mol. The van der Waals surface area contributed by atoms with Crippen LogP contribution in [0.25, 0.3) is 0 Å². The van der Waals surface area contributed by atoms with Crippen LogP contribution in [-0.2, 0) is 9.59 Å². The number of hydrogen-bond donors (Lipinski definition) is 2. The van der Waals surface area contributed by atoms with E-state index in [2.05, 4.69) is 15.8 Å². The van der Waals surface area contributed by atoms with Crippen molar-refractivity contribution in [2.45, 2.75) is 27.7 Å². The number of nitrogens with one attached hydrogen (secondary N) is 2. The minimum absolute atomic E-state index is 0.386. The molecule has 7 nitrogen and oxygen atoms in total. The summed E-state index contributed by atoms with van der Waals surface area (Å²) in [5, 5.41) is 6.57. The van der Waals surface area contributed by atoms with Crippen LogP contribution in [0.15, 0.2) is 71.8 Å². The molecule has 0 spiro atoms. The van der Waals surface area contributed by atoms with Crippen molar-refractivity contribution in [3.63, 3.8) is 0 Å². The van der Waals surface area contributed by atoms with E-state index in [1.165, 1.54) is 0 Å². The first-order valence-electron chi connectivity index (χ1n) is 10.4. The molecule has 0 atom stereocenters. The number of benzene rings is 3. The molecule has 0 aromatic heterocycles. The molecule has 0 heterocycles. The molecule has 2 amide bonds. The Bertz CT molecular complexity index is 1230. The van der Waals surface area contributed by atoms with Crippen molar-refractivity contribution in [2.75, 3.05) is 5.32 Å². The standard InChI is InChI=1S/C26H25N3O4/c1-16-9-14-23(18(3)15-16)27-24(30)25(31)29-28-19(4)20-10-12-21(13-11-20)33-26(32)22-8-6-5-7-17(22)2/h5-15H,1-4H3,(H,27,30)(H,29,31). The number of hydrogen-bond acceptors (Lipinski definition) is 5. The number of esters is 1. The Kier molecular flexibility index (Phi) is 7.35. The van der Waals surface area contributed by atoms with Crippen LogP contribution in [-0.4, -0.2) is 23.5 Å². The summed E-state index contributed by atoms with van der Waals surface area (Å²) in [6, 6.07) is 19.4. The van der Waals surface area contributed by atoms with Crippen LogP contribution in [0, 0.1) is 20.8 Å². The van der Waals surface area contributed by atoms with Crippen molar-refractivity contribution in [3.8, 4) is 5.75 Å². The van der Waals surface area contributed by atoms with Crippen molar-refractivity contribution in [1.29, 1.82) is 0 Å². The van der Waals surface area contributed by atoms with E-state index in [1.807, 2.05) is 45.0 Å². The largest absolute Gasteiger partial charge is 0.423 e. The number of rotatable bonds is 5.